The maximum absolute atomic E-state index is 12.4. The second-order valence-corrected chi connectivity index (χ2v) is 7.13. The van der Waals surface area contributed by atoms with Crippen LogP contribution in [0.3, 0.4) is 0 Å². The van der Waals surface area contributed by atoms with Gasteiger partial charge in [0.05, 0.1) is 11.9 Å². The Balaban J connectivity index is 2.36. The smallest absolute Gasteiger partial charge is 0.283 e. The molecule has 0 spiro atoms. The minimum atomic E-state index is -0.0600. The van der Waals surface area contributed by atoms with Crippen molar-refractivity contribution in [2.24, 2.45) is 17.6 Å². The van der Waals surface area contributed by atoms with Crippen LogP contribution in [0.1, 0.15) is 33.6 Å². The molecule has 2 N–H and O–H groups in total. The third-order valence-electron chi connectivity index (χ3n) is 4.17. The summed E-state index contributed by atoms with van der Waals surface area (Å²) in [5, 5.41) is 4.34. The van der Waals surface area contributed by atoms with Gasteiger partial charge in [-0.2, -0.15) is 5.10 Å². The average Bonchev–Trinajstić information content (AvgIpc) is 2.43. The number of rotatable bonds is 4. The van der Waals surface area contributed by atoms with Gasteiger partial charge in [0, 0.05) is 25.7 Å². The molecule has 0 radical (unpaired) electrons. The maximum atomic E-state index is 12.4. The Bertz CT molecular complexity index is 543. The molecule has 1 saturated heterocycles. The number of halogens is 1. The molecule has 2 unspecified atom stereocenters. The Morgan fingerprint density at radius 2 is 2.24 bits per heavy atom. The zero-order valence-corrected chi connectivity index (χ0v) is 14.6. The summed E-state index contributed by atoms with van der Waals surface area (Å²) >= 11 is 3.48. The van der Waals surface area contributed by atoms with Gasteiger partial charge >= 0.3 is 0 Å². The second kappa shape index (κ2) is 6.92. The molecule has 0 amide bonds. The van der Waals surface area contributed by atoms with Crippen molar-refractivity contribution in [1.82, 2.24) is 9.78 Å². The molecule has 2 heterocycles. The highest BCUT2D eigenvalue weighted by Gasteiger charge is 2.29. The van der Waals surface area contributed by atoms with Crippen LogP contribution in [-0.2, 0) is 6.54 Å². The Labute approximate surface area is 134 Å². The van der Waals surface area contributed by atoms with Crippen LogP contribution >= 0.6 is 15.9 Å². The summed E-state index contributed by atoms with van der Waals surface area (Å²) in [7, 11) is 0. The standard InChI is InChI=1S/C15H25BrN4O/c1-10(2)9-20-15(21)14(16)13(8-18-20)19-6-4-5-11(3)12(19)7-17/h8,10-12H,4-7,9,17H2,1-3H3. The molecule has 0 saturated carbocycles. The molecule has 1 aromatic heterocycles. The number of nitrogens with two attached hydrogens (primary N) is 1. The number of aromatic nitrogens is 2. The molecule has 1 aliphatic rings. The molecule has 5 nitrogen and oxygen atoms in total. The number of hydrogen-bond donors (Lipinski definition) is 1. The lowest BCUT2D eigenvalue weighted by molar-refractivity contribution is 0.348. The lowest BCUT2D eigenvalue weighted by Crippen LogP contribution is -2.49. The summed E-state index contributed by atoms with van der Waals surface area (Å²) in [6.45, 7) is 8.54. The fourth-order valence-electron chi connectivity index (χ4n) is 3.04. The molecule has 1 aromatic rings. The normalized spacial score (nSPS) is 22.9. The first-order valence-corrected chi connectivity index (χ1v) is 8.47. The summed E-state index contributed by atoms with van der Waals surface area (Å²) in [5.74, 6) is 0.925. The third-order valence-corrected chi connectivity index (χ3v) is 4.92. The predicted molar refractivity (Wildman–Crippen MR) is 89.6 cm³/mol. The van der Waals surface area contributed by atoms with Gasteiger partial charge in [-0.3, -0.25) is 4.79 Å². The Hall–Kier alpha value is -0.880. The molecule has 1 fully saturated rings. The zero-order chi connectivity index (χ0) is 15.6. The van der Waals surface area contributed by atoms with E-state index in [4.69, 9.17) is 5.73 Å². The Morgan fingerprint density at radius 1 is 1.52 bits per heavy atom. The van der Waals surface area contributed by atoms with Gasteiger partial charge in [-0.25, -0.2) is 4.68 Å². The van der Waals surface area contributed by atoms with E-state index in [1.807, 2.05) is 0 Å². The van der Waals surface area contributed by atoms with Gasteiger partial charge < -0.3 is 10.6 Å². The van der Waals surface area contributed by atoms with Crippen LogP contribution in [0.15, 0.2) is 15.5 Å². The topological polar surface area (TPSA) is 64.2 Å². The van der Waals surface area contributed by atoms with Crippen LogP contribution in [-0.4, -0.2) is 28.9 Å². The molecular weight excluding hydrogens is 332 g/mol. The quantitative estimate of drug-likeness (QED) is 0.898. The minimum Gasteiger partial charge on any atom is -0.365 e. The van der Waals surface area contributed by atoms with E-state index in [2.05, 4.69) is 46.7 Å². The number of piperidine rings is 1. The number of hydrogen-bond acceptors (Lipinski definition) is 4. The molecular formula is C15H25BrN4O. The van der Waals surface area contributed by atoms with Crippen molar-refractivity contribution < 1.29 is 0 Å². The van der Waals surface area contributed by atoms with E-state index in [0.29, 0.717) is 29.4 Å². The van der Waals surface area contributed by atoms with Gasteiger partial charge in [0.15, 0.2) is 0 Å². The summed E-state index contributed by atoms with van der Waals surface area (Å²) < 4.78 is 2.13. The SMILES string of the molecule is CC(C)Cn1ncc(N2CCCC(C)C2CN)c(Br)c1=O. The van der Waals surface area contributed by atoms with Crippen molar-refractivity contribution in [2.45, 2.75) is 46.2 Å². The third kappa shape index (κ3) is 3.48. The van der Waals surface area contributed by atoms with E-state index >= 15 is 0 Å². The van der Waals surface area contributed by atoms with Crippen molar-refractivity contribution in [1.29, 1.82) is 0 Å². The molecule has 0 bridgehead atoms. The van der Waals surface area contributed by atoms with Gasteiger partial charge in [-0.15, -0.1) is 0 Å². The van der Waals surface area contributed by atoms with Crippen LogP contribution in [0.25, 0.3) is 0 Å². The van der Waals surface area contributed by atoms with E-state index in [1.165, 1.54) is 11.1 Å². The molecule has 21 heavy (non-hydrogen) atoms. The number of nitrogens with zero attached hydrogens (tertiary/aromatic N) is 3. The molecule has 0 aromatic carbocycles. The fourth-order valence-corrected chi connectivity index (χ4v) is 3.57. The monoisotopic (exact) mass is 356 g/mol. The van der Waals surface area contributed by atoms with E-state index in [-0.39, 0.29) is 11.6 Å². The largest absolute Gasteiger partial charge is 0.365 e. The van der Waals surface area contributed by atoms with Crippen molar-refractivity contribution in [3.8, 4) is 0 Å². The molecule has 2 rings (SSSR count). The van der Waals surface area contributed by atoms with Gasteiger partial charge in [0.25, 0.3) is 5.56 Å². The first-order valence-electron chi connectivity index (χ1n) is 7.68. The van der Waals surface area contributed by atoms with Crippen molar-refractivity contribution >= 4 is 21.6 Å². The zero-order valence-electron chi connectivity index (χ0n) is 13.1. The number of anilines is 1. The molecule has 2 atom stereocenters. The second-order valence-electron chi connectivity index (χ2n) is 6.34. The summed E-state index contributed by atoms with van der Waals surface area (Å²) in [5.41, 5.74) is 6.76. The molecule has 118 valence electrons. The van der Waals surface area contributed by atoms with Gasteiger partial charge in [-0.1, -0.05) is 20.8 Å². The highest BCUT2D eigenvalue weighted by atomic mass is 79.9. The van der Waals surface area contributed by atoms with Crippen LogP contribution in [0, 0.1) is 11.8 Å². The highest BCUT2D eigenvalue weighted by molar-refractivity contribution is 9.10. The van der Waals surface area contributed by atoms with E-state index in [1.54, 1.807) is 6.20 Å². The first kappa shape index (κ1) is 16.5. The Kier molecular flexibility index (Phi) is 5.43. The van der Waals surface area contributed by atoms with Gasteiger partial charge in [0.1, 0.15) is 4.47 Å². The first-order chi connectivity index (χ1) is 9.95. The van der Waals surface area contributed by atoms with Crippen LogP contribution in [0.4, 0.5) is 5.69 Å². The van der Waals surface area contributed by atoms with Crippen molar-refractivity contribution in [3.63, 3.8) is 0 Å². The Morgan fingerprint density at radius 3 is 2.86 bits per heavy atom. The average molecular weight is 357 g/mol. The maximum Gasteiger partial charge on any atom is 0.283 e. The van der Waals surface area contributed by atoms with Gasteiger partial charge in [-0.05, 0) is 40.6 Å². The van der Waals surface area contributed by atoms with Crippen LogP contribution < -0.4 is 16.2 Å². The molecule has 0 aliphatic carbocycles. The van der Waals surface area contributed by atoms with Crippen LogP contribution in [0.5, 0.6) is 0 Å². The van der Waals surface area contributed by atoms with Gasteiger partial charge in [0.2, 0.25) is 0 Å². The lowest BCUT2D eigenvalue weighted by atomic mass is 9.90. The van der Waals surface area contributed by atoms with Crippen molar-refractivity contribution in [3.05, 3.63) is 21.0 Å². The fraction of sp³-hybridized carbons (Fsp3) is 0.733. The van der Waals surface area contributed by atoms with Crippen LogP contribution in [0.2, 0.25) is 0 Å². The van der Waals surface area contributed by atoms with E-state index in [9.17, 15) is 4.79 Å². The van der Waals surface area contributed by atoms with Crippen molar-refractivity contribution in [2.75, 3.05) is 18.0 Å². The molecule has 1 aliphatic heterocycles. The lowest BCUT2D eigenvalue weighted by Gasteiger charge is -2.41. The summed E-state index contributed by atoms with van der Waals surface area (Å²) in [4.78, 5) is 14.7. The van der Waals surface area contributed by atoms with E-state index in [0.717, 1.165) is 18.7 Å². The minimum absolute atomic E-state index is 0.0600. The molecule has 6 heteroatoms. The van der Waals surface area contributed by atoms with E-state index < -0.39 is 0 Å². The summed E-state index contributed by atoms with van der Waals surface area (Å²) in [6, 6.07) is 0.275. The predicted octanol–water partition coefficient (Wildman–Crippen LogP) is 2.23. The highest BCUT2D eigenvalue weighted by Crippen LogP contribution is 2.31. The summed E-state index contributed by atoms with van der Waals surface area (Å²) in [6.07, 6.45) is 4.11.